The Kier molecular flexibility index (Phi) is 3.41. The van der Waals surface area contributed by atoms with Crippen LogP contribution in [0, 0.1) is 12.8 Å². The van der Waals surface area contributed by atoms with E-state index in [1.165, 1.54) is 31.5 Å². The lowest BCUT2D eigenvalue weighted by Crippen LogP contribution is -2.35. The molecule has 1 aromatic heterocycles. The van der Waals surface area contributed by atoms with Gasteiger partial charge in [0.05, 0.1) is 12.7 Å². The second-order valence-corrected chi connectivity index (χ2v) is 4.80. The lowest BCUT2D eigenvalue weighted by molar-refractivity contribution is 0.184. The molecule has 1 saturated heterocycles. The number of rotatable bonds is 3. The molecule has 0 radical (unpaired) electrons. The van der Waals surface area contributed by atoms with Gasteiger partial charge in [-0.3, -0.25) is 4.68 Å². The zero-order chi connectivity index (χ0) is 10.7. The van der Waals surface area contributed by atoms with Crippen molar-refractivity contribution in [1.29, 1.82) is 0 Å². The first kappa shape index (κ1) is 10.7. The maximum Gasteiger partial charge on any atom is 0.0536 e. The van der Waals surface area contributed by atoms with Crippen molar-refractivity contribution in [2.45, 2.75) is 33.2 Å². The van der Waals surface area contributed by atoms with Gasteiger partial charge in [-0.1, -0.05) is 6.92 Å². The Morgan fingerprint density at radius 1 is 1.33 bits per heavy atom. The van der Waals surface area contributed by atoms with E-state index >= 15 is 0 Å². The van der Waals surface area contributed by atoms with Crippen LogP contribution in [0.4, 0.5) is 0 Å². The molecule has 1 fully saturated rings. The monoisotopic (exact) mass is 207 g/mol. The highest BCUT2D eigenvalue weighted by Crippen LogP contribution is 2.15. The van der Waals surface area contributed by atoms with E-state index in [4.69, 9.17) is 0 Å². The van der Waals surface area contributed by atoms with Gasteiger partial charge in [-0.25, -0.2) is 0 Å². The predicted molar refractivity (Wildman–Crippen MR) is 61.8 cm³/mol. The molecular formula is C12H21N3. The van der Waals surface area contributed by atoms with Gasteiger partial charge in [0.15, 0.2) is 0 Å². The quantitative estimate of drug-likeness (QED) is 0.755. The Morgan fingerprint density at radius 2 is 2.07 bits per heavy atom. The third kappa shape index (κ3) is 3.06. The molecule has 0 atom stereocenters. The van der Waals surface area contributed by atoms with Crippen LogP contribution in [0.3, 0.4) is 0 Å². The number of hydrogen-bond acceptors (Lipinski definition) is 2. The van der Waals surface area contributed by atoms with Crippen LogP contribution < -0.4 is 0 Å². The van der Waals surface area contributed by atoms with E-state index in [2.05, 4.69) is 30.0 Å². The van der Waals surface area contributed by atoms with Crippen LogP contribution >= 0.6 is 0 Å². The molecule has 1 aliphatic heterocycles. The first-order valence-electron chi connectivity index (χ1n) is 5.95. The first-order valence-corrected chi connectivity index (χ1v) is 5.95. The van der Waals surface area contributed by atoms with Crippen molar-refractivity contribution in [3.63, 3.8) is 0 Å². The molecule has 0 unspecified atom stereocenters. The Morgan fingerprint density at radius 3 is 2.67 bits per heavy atom. The van der Waals surface area contributed by atoms with Crippen molar-refractivity contribution < 1.29 is 0 Å². The Bertz CT molecular complexity index is 298. The Labute approximate surface area is 92.1 Å². The maximum atomic E-state index is 4.31. The van der Waals surface area contributed by atoms with E-state index in [0.717, 1.165) is 19.0 Å². The molecule has 3 heteroatoms. The third-order valence-electron chi connectivity index (χ3n) is 3.28. The van der Waals surface area contributed by atoms with Crippen molar-refractivity contribution in [3.05, 3.63) is 18.0 Å². The third-order valence-corrected chi connectivity index (χ3v) is 3.28. The van der Waals surface area contributed by atoms with Gasteiger partial charge < -0.3 is 4.90 Å². The highest BCUT2D eigenvalue weighted by atomic mass is 15.3. The molecule has 1 aliphatic rings. The highest BCUT2D eigenvalue weighted by molar-refractivity contribution is 4.99. The van der Waals surface area contributed by atoms with Crippen molar-refractivity contribution in [2.24, 2.45) is 5.92 Å². The summed E-state index contributed by atoms with van der Waals surface area (Å²) in [6, 6.07) is 0. The Balaban J connectivity index is 1.74. The standard InChI is InChI=1S/C12H21N3/c1-11-3-5-14(6-4-11)7-8-15-10-12(2)9-13-15/h9-11H,3-8H2,1-2H3. The SMILES string of the molecule is Cc1cnn(CCN2CCC(C)CC2)c1. The predicted octanol–water partition coefficient (Wildman–Crippen LogP) is 1.92. The topological polar surface area (TPSA) is 21.1 Å². The van der Waals surface area contributed by atoms with E-state index < -0.39 is 0 Å². The van der Waals surface area contributed by atoms with E-state index in [0.29, 0.717) is 0 Å². The average molecular weight is 207 g/mol. The molecule has 2 heterocycles. The van der Waals surface area contributed by atoms with Crippen LogP contribution in [-0.4, -0.2) is 34.3 Å². The van der Waals surface area contributed by atoms with E-state index in [9.17, 15) is 0 Å². The molecule has 15 heavy (non-hydrogen) atoms. The van der Waals surface area contributed by atoms with Crippen LogP contribution in [0.5, 0.6) is 0 Å². The van der Waals surface area contributed by atoms with Crippen molar-refractivity contribution in [1.82, 2.24) is 14.7 Å². The van der Waals surface area contributed by atoms with Crippen molar-refractivity contribution in [2.75, 3.05) is 19.6 Å². The summed E-state index contributed by atoms with van der Waals surface area (Å²) >= 11 is 0. The lowest BCUT2D eigenvalue weighted by Gasteiger charge is -2.29. The summed E-state index contributed by atoms with van der Waals surface area (Å²) < 4.78 is 2.05. The Hall–Kier alpha value is -0.830. The fourth-order valence-corrected chi connectivity index (χ4v) is 2.12. The smallest absolute Gasteiger partial charge is 0.0536 e. The van der Waals surface area contributed by atoms with Crippen molar-refractivity contribution in [3.8, 4) is 0 Å². The molecule has 2 rings (SSSR count). The van der Waals surface area contributed by atoms with Gasteiger partial charge in [0, 0.05) is 12.7 Å². The van der Waals surface area contributed by atoms with Gasteiger partial charge in [-0.15, -0.1) is 0 Å². The summed E-state index contributed by atoms with van der Waals surface area (Å²) in [5, 5.41) is 4.31. The van der Waals surface area contributed by atoms with E-state index in [1.807, 2.05) is 10.9 Å². The molecule has 0 saturated carbocycles. The van der Waals surface area contributed by atoms with Crippen LogP contribution in [0.1, 0.15) is 25.3 Å². The summed E-state index contributed by atoms with van der Waals surface area (Å²) in [6.07, 6.45) is 6.76. The van der Waals surface area contributed by atoms with Gasteiger partial charge in [0.1, 0.15) is 0 Å². The first-order chi connectivity index (χ1) is 7.24. The molecule has 0 amide bonds. The summed E-state index contributed by atoms with van der Waals surface area (Å²) in [5.74, 6) is 0.924. The molecule has 0 N–H and O–H groups in total. The van der Waals surface area contributed by atoms with E-state index in [1.54, 1.807) is 0 Å². The molecule has 84 valence electrons. The molecular weight excluding hydrogens is 186 g/mol. The van der Waals surface area contributed by atoms with Crippen molar-refractivity contribution >= 4 is 0 Å². The van der Waals surface area contributed by atoms with Gasteiger partial charge >= 0.3 is 0 Å². The second kappa shape index (κ2) is 4.79. The normalized spacial score (nSPS) is 19.6. The number of likely N-dealkylation sites (tertiary alicyclic amines) is 1. The minimum atomic E-state index is 0.924. The van der Waals surface area contributed by atoms with Gasteiger partial charge in [0.25, 0.3) is 0 Å². The fraction of sp³-hybridized carbons (Fsp3) is 0.750. The lowest BCUT2D eigenvalue weighted by atomic mass is 9.99. The minimum Gasteiger partial charge on any atom is -0.301 e. The van der Waals surface area contributed by atoms with Gasteiger partial charge in [-0.05, 0) is 44.3 Å². The van der Waals surface area contributed by atoms with Crippen LogP contribution in [0.25, 0.3) is 0 Å². The number of piperidine rings is 1. The van der Waals surface area contributed by atoms with Crippen LogP contribution in [0.2, 0.25) is 0 Å². The summed E-state index contributed by atoms with van der Waals surface area (Å²) in [5.41, 5.74) is 1.25. The average Bonchev–Trinajstić information content (AvgIpc) is 2.64. The van der Waals surface area contributed by atoms with Crippen LogP contribution in [0.15, 0.2) is 12.4 Å². The zero-order valence-electron chi connectivity index (χ0n) is 9.82. The number of aromatic nitrogens is 2. The molecule has 0 bridgehead atoms. The molecule has 3 nitrogen and oxygen atoms in total. The maximum absolute atomic E-state index is 4.31. The highest BCUT2D eigenvalue weighted by Gasteiger charge is 2.14. The number of nitrogens with zero attached hydrogens (tertiary/aromatic N) is 3. The van der Waals surface area contributed by atoms with E-state index in [-0.39, 0.29) is 0 Å². The number of aryl methyl sites for hydroxylation is 1. The summed E-state index contributed by atoms with van der Waals surface area (Å²) in [6.45, 7) is 9.15. The molecule has 0 spiro atoms. The number of hydrogen-bond donors (Lipinski definition) is 0. The largest absolute Gasteiger partial charge is 0.301 e. The molecule has 0 aromatic carbocycles. The van der Waals surface area contributed by atoms with Crippen LogP contribution in [-0.2, 0) is 6.54 Å². The zero-order valence-corrected chi connectivity index (χ0v) is 9.82. The summed E-state index contributed by atoms with van der Waals surface area (Å²) in [4.78, 5) is 2.55. The fourth-order valence-electron chi connectivity index (χ4n) is 2.12. The van der Waals surface area contributed by atoms with Gasteiger partial charge in [0.2, 0.25) is 0 Å². The summed E-state index contributed by atoms with van der Waals surface area (Å²) in [7, 11) is 0. The minimum absolute atomic E-state index is 0.924. The molecule has 0 aliphatic carbocycles. The second-order valence-electron chi connectivity index (χ2n) is 4.80. The molecule has 1 aromatic rings. The van der Waals surface area contributed by atoms with Gasteiger partial charge in [-0.2, -0.15) is 5.10 Å².